The molecule has 2 N–H and O–H groups in total. The van der Waals surface area contributed by atoms with Crippen molar-refractivity contribution in [2.75, 3.05) is 17.9 Å². The first kappa shape index (κ1) is 35.9. The molecule has 5 aromatic rings. The topological polar surface area (TPSA) is 109 Å². The molecule has 1 aromatic heterocycles. The molecule has 9 heteroatoms. The summed E-state index contributed by atoms with van der Waals surface area (Å²) >= 11 is 0. The van der Waals surface area contributed by atoms with E-state index in [2.05, 4.69) is 42.8 Å². The largest absolute Gasteiger partial charge is 0.387 e. The number of anilines is 1. The molecule has 0 saturated heterocycles. The van der Waals surface area contributed by atoms with Gasteiger partial charge in [-0.1, -0.05) is 66.2 Å². The lowest BCUT2D eigenvalue weighted by Gasteiger charge is -2.28. The molecule has 0 fully saturated rings. The van der Waals surface area contributed by atoms with E-state index in [1.807, 2.05) is 55.5 Å². The zero-order valence-electron chi connectivity index (χ0n) is 26.8. The standard InChI is InChI=1S/C29H33N3O4S.C7H8.CH2O/c1-29(2,15-17-32-16-14-23-18-22(21-33)12-13-27(23)32)30-20-28(34)24-8-7-9-25(19-24)31(3)37(35,36)26-10-5-4-6-11-26;1-7-5-3-2-4-6-7;1-2/h4-14,16,18-19,21,28,30,34H,15,17,20H2,1-3H3;2-6H,1H3;1H2. The number of nitrogens with one attached hydrogen (secondary N) is 1. The summed E-state index contributed by atoms with van der Waals surface area (Å²) in [7, 11) is -2.19. The average molecular weight is 642 g/mol. The highest BCUT2D eigenvalue weighted by Crippen LogP contribution is 2.26. The molecule has 242 valence electrons. The molecular formula is C37H43N3O5S. The van der Waals surface area contributed by atoms with E-state index in [0.29, 0.717) is 23.4 Å². The molecule has 1 heterocycles. The molecule has 0 spiro atoms. The first-order valence-corrected chi connectivity index (χ1v) is 16.4. The van der Waals surface area contributed by atoms with Gasteiger partial charge in [0.1, 0.15) is 13.1 Å². The lowest BCUT2D eigenvalue weighted by molar-refractivity contribution is -0.0980. The Balaban J connectivity index is 0.000000558. The van der Waals surface area contributed by atoms with Crippen LogP contribution in [0.15, 0.2) is 120 Å². The number of aliphatic hydroxyl groups is 1. The molecule has 0 aliphatic heterocycles. The zero-order valence-corrected chi connectivity index (χ0v) is 27.7. The number of aryl methyl sites for hydroxylation is 2. The highest BCUT2D eigenvalue weighted by Gasteiger charge is 2.23. The minimum Gasteiger partial charge on any atom is -0.387 e. The number of hydrogen-bond donors (Lipinski definition) is 2. The van der Waals surface area contributed by atoms with Gasteiger partial charge in [-0.2, -0.15) is 0 Å². The summed E-state index contributed by atoms with van der Waals surface area (Å²) in [5.74, 6) is 0. The predicted molar refractivity (Wildman–Crippen MR) is 186 cm³/mol. The van der Waals surface area contributed by atoms with Crippen molar-refractivity contribution in [1.29, 1.82) is 0 Å². The molecule has 5 rings (SSSR count). The van der Waals surface area contributed by atoms with Crippen molar-refractivity contribution in [2.45, 2.75) is 50.3 Å². The lowest BCUT2D eigenvalue weighted by atomic mass is 9.99. The van der Waals surface area contributed by atoms with Crippen molar-refractivity contribution in [2.24, 2.45) is 0 Å². The fourth-order valence-corrected chi connectivity index (χ4v) is 6.03. The maximum atomic E-state index is 13.0. The van der Waals surface area contributed by atoms with Gasteiger partial charge in [0.25, 0.3) is 10.0 Å². The Morgan fingerprint density at radius 2 is 1.57 bits per heavy atom. The van der Waals surface area contributed by atoms with Crippen molar-refractivity contribution in [1.82, 2.24) is 9.88 Å². The molecule has 46 heavy (non-hydrogen) atoms. The number of aliphatic hydroxyl groups excluding tert-OH is 1. The number of hydrogen-bond acceptors (Lipinski definition) is 6. The molecule has 0 amide bonds. The molecule has 1 atom stereocenters. The van der Waals surface area contributed by atoms with Crippen molar-refractivity contribution < 1.29 is 23.1 Å². The normalized spacial score (nSPS) is 11.8. The second kappa shape index (κ2) is 16.7. The van der Waals surface area contributed by atoms with Gasteiger partial charge < -0.3 is 19.8 Å². The number of fused-ring (bicyclic) bond motifs is 1. The third-order valence-corrected chi connectivity index (χ3v) is 9.44. The monoisotopic (exact) mass is 641 g/mol. The highest BCUT2D eigenvalue weighted by atomic mass is 32.2. The number of β-amino-alcohol motifs (C(OH)–C–C–N with tert-alkyl or cyclic N) is 1. The number of sulfonamides is 1. The number of carbonyl (C=O) groups is 2. The quantitative estimate of drug-likeness (QED) is 0.158. The smallest absolute Gasteiger partial charge is 0.264 e. The molecule has 0 aliphatic carbocycles. The number of benzene rings is 4. The molecule has 0 saturated carbocycles. The van der Waals surface area contributed by atoms with Gasteiger partial charge in [-0.05, 0) is 81.3 Å². The summed E-state index contributed by atoms with van der Waals surface area (Å²) in [5, 5.41) is 15.4. The Bertz CT molecular complexity index is 1790. The maximum absolute atomic E-state index is 13.0. The van der Waals surface area contributed by atoms with Crippen LogP contribution < -0.4 is 9.62 Å². The lowest BCUT2D eigenvalue weighted by Crippen LogP contribution is -2.42. The van der Waals surface area contributed by atoms with E-state index in [1.165, 1.54) is 16.9 Å². The number of aldehydes is 1. The van der Waals surface area contributed by atoms with Crippen LogP contribution in [0.2, 0.25) is 0 Å². The molecule has 0 bridgehead atoms. The van der Waals surface area contributed by atoms with Gasteiger partial charge in [0.15, 0.2) is 0 Å². The average Bonchev–Trinajstić information content (AvgIpc) is 3.50. The van der Waals surface area contributed by atoms with E-state index >= 15 is 0 Å². The van der Waals surface area contributed by atoms with Gasteiger partial charge >= 0.3 is 0 Å². The van der Waals surface area contributed by atoms with Crippen LogP contribution in [0.5, 0.6) is 0 Å². The third kappa shape index (κ3) is 9.71. The van der Waals surface area contributed by atoms with Crippen molar-refractivity contribution >= 4 is 39.7 Å². The van der Waals surface area contributed by atoms with Gasteiger partial charge in [0.2, 0.25) is 0 Å². The maximum Gasteiger partial charge on any atom is 0.264 e. The number of aromatic nitrogens is 1. The number of nitrogens with zero attached hydrogens (tertiary/aromatic N) is 2. The summed E-state index contributed by atoms with van der Waals surface area (Å²) in [6.45, 7) is 9.36. The minimum atomic E-state index is -3.70. The van der Waals surface area contributed by atoms with Gasteiger partial charge in [-0.15, -0.1) is 0 Å². The molecule has 0 aliphatic rings. The van der Waals surface area contributed by atoms with Crippen molar-refractivity contribution in [3.8, 4) is 0 Å². The highest BCUT2D eigenvalue weighted by molar-refractivity contribution is 7.92. The van der Waals surface area contributed by atoms with Gasteiger partial charge in [-0.25, -0.2) is 8.42 Å². The van der Waals surface area contributed by atoms with Crippen LogP contribution in [-0.4, -0.2) is 50.3 Å². The van der Waals surface area contributed by atoms with Crippen LogP contribution in [0.4, 0.5) is 5.69 Å². The zero-order chi connectivity index (χ0) is 33.7. The van der Waals surface area contributed by atoms with Crippen LogP contribution in [-0.2, 0) is 21.4 Å². The Morgan fingerprint density at radius 3 is 2.17 bits per heavy atom. The Kier molecular flexibility index (Phi) is 13.0. The molecular weight excluding hydrogens is 598 g/mol. The summed E-state index contributed by atoms with van der Waals surface area (Å²) in [6.07, 6.45) is 2.89. The van der Waals surface area contributed by atoms with Crippen LogP contribution in [0.25, 0.3) is 10.9 Å². The number of rotatable bonds is 11. The van der Waals surface area contributed by atoms with E-state index in [1.54, 1.807) is 54.6 Å². The van der Waals surface area contributed by atoms with E-state index in [4.69, 9.17) is 4.79 Å². The van der Waals surface area contributed by atoms with Crippen molar-refractivity contribution in [3.63, 3.8) is 0 Å². The Morgan fingerprint density at radius 1 is 0.913 bits per heavy atom. The van der Waals surface area contributed by atoms with Crippen LogP contribution in [0, 0.1) is 6.92 Å². The summed E-state index contributed by atoms with van der Waals surface area (Å²) in [6, 6.07) is 33.2. The van der Waals surface area contributed by atoms with Crippen LogP contribution in [0.3, 0.4) is 0 Å². The summed E-state index contributed by atoms with van der Waals surface area (Å²) in [5.41, 5.74) is 3.92. The Labute approximate surface area is 272 Å². The molecule has 1 unspecified atom stereocenters. The summed E-state index contributed by atoms with van der Waals surface area (Å²) in [4.78, 5) is 19.2. The molecule has 4 aromatic carbocycles. The number of carbonyl (C=O) groups excluding carboxylic acids is 2. The van der Waals surface area contributed by atoms with Crippen molar-refractivity contribution in [3.05, 3.63) is 132 Å². The van der Waals surface area contributed by atoms with E-state index in [-0.39, 0.29) is 10.4 Å². The van der Waals surface area contributed by atoms with Gasteiger partial charge in [-0.3, -0.25) is 9.10 Å². The second-order valence-electron chi connectivity index (χ2n) is 11.5. The predicted octanol–water partition coefficient (Wildman–Crippen LogP) is 6.58. The minimum absolute atomic E-state index is 0.214. The first-order chi connectivity index (χ1) is 22.0. The second-order valence-corrected chi connectivity index (χ2v) is 13.5. The SMILES string of the molecule is C=O.CN(c1cccc(C(O)CNC(C)(C)CCn2ccc3cc(C=O)ccc32)c1)S(=O)(=O)c1ccccc1.Cc1ccccc1. The fourth-order valence-electron chi connectivity index (χ4n) is 4.82. The summed E-state index contributed by atoms with van der Waals surface area (Å²) < 4.78 is 29.4. The third-order valence-electron chi connectivity index (χ3n) is 7.64. The fraction of sp³-hybridized carbons (Fsp3) is 0.243. The van der Waals surface area contributed by atoms with Gasteiger partial charge in [0.05, 0.1) is 16.7 Å². The first-order valence-electron chi connectivity index (χ1n) is 14.9. The van der Waals surface area contributed by atoms with E-state index in [9.17, 15) is 18.3 Å². The van der Waals surface area contributed by atoms with Gasteiger partial charge in [0, 0.05) is 48.3 Å². The van der Waals surface area contributed by atoms with E-state index in [0.717, 1.165) is 30.2 Å². The van der Waals surface area contributed by atoms with E-state index < -0.39 is 16.1 Å². The van der Waals surface area contributed by atoms with Crippen LogP contribution >= 0.6 is 0 Å². The van der Waals surface area contributed by atoms with Crippen LogP contribution in [0.1, 0.15) is 47.9 Å². The molecule has 8 nitrogen and oxygen atoms in total. The Hall–Kier alpha value is -4.57. The molecule has 0 radical (unpaired) electrons.